The number of fused-ring (bicyclic) bond motifs is 1. The molecule has 0 aliphatic carbocycles. The van der Waals surface area contributed by atoms with E-state index >= 15 is 0 Å². The van der Waals surface area contributed by atoms with E-state index in [2.05, 4.69) is 4.98 Å². The van der Waals surface area contributed by atoms with Crippen LogP contribution >= 0.6 is 0 Å². The zero-order valence-electron chi connectivity index (χ0n) is 13.8. The molecule has 0 amide bonds. The number of para-hydroxylation sites is 1. The predicted octanol–water partition coefficient (Wildman–Crippen LogP) is 5.29. The van der Waals surface area contributed by atoms with Crippen molar-refractivity contribution in [3.63, 3.8) is 0 Å². The number of phenolic OH excluding ortho intramolecular Hbond substituents is 2. The highest BCUT2D eigenvalue weighted by Crippen LogP contribution is 2.37. The molecule has 0 atom stereocenters. The third-order valence-electron chi connectivity index (χ3n) is 4.41. The molecule has 0 bridgehead atoms. The van der Waals surface area contributed by atoms with Gasteiger partial charge in [-0.15, -0.1) is 0 Å². The molecular weight excluding hydrogens is 310 g/mol. The number of pyridine rings is 1. The molecule has 1 heterocycles. The Kier molecular flexibility index (Phi) is 3.62. The van der Waals surface area contributed by atoms with Crippen molar-refractivity contribution in [3.05, 3.63) is 78.5 Å². The summed E-state index contributed by atoms with van der Waals surface area (Å²) in [5.74, 6) is 0.374. The van der Waals surface area contributed by atoms with Crippen LogP contribution in [0.2, 0.25) is 0 Å². The number of nitrogens with zero attached hydrogens (tertiary/aromatic N) is 1. The molecule has 1 aromatic heterocycles. The van der Waals surface area contributed by atoms with Gasteiger partial charge in [0.05, 0.1) is 0 Å². The highest BCUT2D eigenvalue weighted by atomic mass is 16.3. The summed E-state index contributed by atoms with van der Waals surface area (Å²) in [6.07, 6.45) is 0. The van der Waals surface area contributed by atoms with E-state index in [0.717, 1.165) is 33.3 Å². The average molecular weight is 327 g/mol. The smallest absolute Gasteiger partial charge is 0.141 e. The molecule has 0 spiro atoms. The van der Waals surface area contributed by atoms with Gasteiger partial charge in [-0.2, -0.15) is 0 Å². The summed E-state index contributed by atoms with van der Waals surface area (Å²) in [5, 5.41) is 21.2. The molecule has 0 aliphatic heterocycles. The summed E-state index contributed by atoms with van der Waals surface area (Å²) < 4.78 is 0. The molecule has 4 rings (SSSR count). The van der Waals surface area contributed by atoms with E-state index in [0.29, 0.717) is 5.52 Å². The first kappa shape index (κ1) is 15.2. The van der Waals surface area contributed by atoms with Gasteiger partial charge >= 0.3 is 0 Å². The Balaban J connectivity index is 1.93. The molecule has 0 aliphatic rings. The van der Waals surface area contributed by atoms with Gasteiger partial charge in [0.25, 0.3) is 0 Å². The molecule has 0 unspecified atom stereocenters. The third-order valence-corrected chi connectivity index (χ3v) is 4.41. The Morgan fingerprint density at radius 1 is 0.680 bits per heavy atom. The lowest BCUT2D eigenvalue weighted by Crippen LogP contribution is -1.91. The largest absolute Gasteiger partial charge is 0.507 e. The zero-order valence-corrected chi connectivity index (χ0v) is 13.8. The number of aromatic nitrogens is 1. The van der Waals surface area contributed by atoms with Crippen LogP contribution in [0.25, 0.3) is 33.2 Å². The summed E-state index contributed by atoms with van der Waals surface area (Å²) in [7, 11) is 0. The fraction of sp³-hybridized carbons (Fsp3) is 0.0455. The van der Waals surface area contributed by atoms with Crippen LogP contribution in [0.3, 0.4) is 0 Å². The molecule has 0 radical (unpaired) electrons. The van der Waals surface area contributed by atoms with Crippen molar-refractivity contribution in [3.8, 4) is 33.8 Å². The highest BCUT2D eigenvalue weighted by Gasteiger charge is 2.13. The Hall–Kier alpha value is -3.33. The normalized spacial score (nSPS) is 10.9. The third kappa shape index (κ3) is 2.70. The lowest BCUT2D eigenvalue weighted by atomic mass is 9.96. The minimum atomic E-state index is 0.161. The van der Waals surface area contributed by atoms with E-state index in [1.54, 1.807) is 18.2 Å². The van der Waals surface area contributed by atoms with Gasteiger partial charge < -0.3 is 10.2 Å². The predicted molar refractivity (Wildman–Crippen MR) is 101 cm³/mol. The second-order valence-corrected chi connectivity index (χ2v) is 6.07. The van der Waals surface area contributed by atoms with Crippen LogP contribution in [0.5, 0.6) is 11.5 Å². The van der Waals surface area contributed by atoms with Crippen LogP contribution in [0.15, 0.2) is 72.8 Å². The Morgan fingerprint density at radius 3 is 2.28 bits per heavy atom. The summed E-state index contributed by atoms with van der Waals surface area (Å²) in [6.45, 7) is 1.88. The van der Waals surface area contributed by atoms with Gasteiger partial charge in [0.15, 0.2) is 0 Å². The van der Waals surface area contributed by atoms with Crippen LogP contribution in [0, 0.1) is 6.92 Å². The first-order valence-corrected chi connectivity index (χ1v) is 8.11. The first-order valence-electron chi connectivity index (χ1n) is 8.11. The van der Waals surface area contributed by atoms with Crippen LogP contribution in [-0.2, 0) is 0 Å². The maximum atomic E-state index is 10.4. The number of rotatable bonds is 2. The Bertz CT molecular complexity index is 1070. The molecule has 3 nitrogen and oxygen atoms in total. The Labute approximate surface area is 145 Å². The summed E-state index contributed by atoms with van der Waals surface area (Å²) >= 11 is 0. The second-order valence-electron chi connectivity index (χ2n) is 6.07. The van der Waals surface area contributed by atoms with E-state index < -0.39 is 0 Å². The molecule has 3 heteroatoms. The van der Waals surface area contributed by atoms with E-state index in [1.165, 1.54) is 0 Å². The first-order chi connectivity index (χ1) is 12.1. The molecule has 3 aromatic carbocycles. The van der Waals surface area contributed by atoms with Crippen molar-refractivity contribution in [2.24, 2.45) is 0 Å². The van der Waals surface area contributed by atoms with Crippen LogP contribution in [0.4, 0.5) is 0 Å². The van der Waals surface area contributed by atoms with Gasteiger partial charge in [-0.1, -0.05) is 48.5 Å². The highest BCUT2D eigenvalue weighted by molar-refractivity contribution is 5.90. The maximum Gasteiger partial charge on any atom is 0.141 e. The SMILES string of the molecule is Cc1nc2c(O)cccc2cc1-c1cc(-c2ccccc2)ccc1O. The number of hydrogen-bond acceptors (Lipinski definition) is 3. The van der Waals surface area contributed by atoms with Crippen molar-refractivity contribution in [1.82, 2.24) is 4.98 Å². The number of benzene rings is 3. The lowest BCUT2D eigenvalue weighted by Gasteiger charge is -2.12. The van der Waals surface area contributed by atoms with E-state index in [4.69, 9.17) is 0 Å². The topological polar surface area (TPSA) is 53.4 Å². The average Bonchev–Trinajstić information content (AvgIpc) is 2.63. The van der Waals surface area contributed by atoms with Gasteiger partial charge in [-0.3, -0.25) is 0 Å². The monoisotopic (exact) mass is 327 g/mol. The minimum absolute atomic E-state index is 0.161. The summed E-state index contributed by atoms with van der Waals surface area (Å²) in [4.78, 5) is 4.53. The van der Waals surface area contributed by atoms with Crippen LogP contribution in [0.1, 0.15) is 5.69 Å². The van der Waals surface area contributed by atoms with Crippen molar-refractivity contribution in [2.75, 3.05) is 0 Å². The van der Waals surface area contributed by atoms with Gasteiger partial charge in [0.1, 0.15) is 17.0 Å². The molecular formula is C22H17NO2. The number of aryl methyl sites for hydroxylation is 1. The standard InChI is InChI=1S/C22H17NO2/c1-14-18(13-17-8-5-9-21(25)22(17)23-14)19-12-16(10-11-20(19)24)15-6-3-2-4-7-15/h2-13,24-25H,1H3. The molecule has 0 saturated carbocycles. The van der Waals surface area contributed by atoms with Crippen molar-refractivity contribution < 1.29 is 10.2 Å². The molecule has 4 aromatic rings. The van der Waals surface area contributed by atoms with Crippen molar-refractivity contribution >= 4 is 10.9 Å². The van der Waals surface area contributed by atoms with Gasteiger partial charge in [-0.25, -0.2) is 4.98 Å². The number of hydrogen-bond donors (Lipinski definition) is 2. The van der Waals surface area contributed by atoms with E-state index in [-0.39, 0.29) is 11.5 Å². The second kappa shape index (κ2) is 5.95. The quantitative estimate of drug-likeness (QED) is 0.526. The fourth-order valence-electron chi connectivity index (χ4n) is 3.11. The van der Waals surface area contributed by atoms with Gasteiger partial charge in [0.2, 0.25) is 0 Å². The van der Waals surface area contributed by atoms with Crippen molar-refractivity contribution in [2.45, 2.75) is 6.92 Å². The number of aromatic hydroxyl groups is 2. The minimum Gasteiger partial charge on any atom is -0.507 e. The van der Waals surface area contributed by atoms with Gasteiger partial charge in [0, 0.05) is 22.2 Å². The maximum absolute atomic E-state index is 10.4. The van der Waals surface area contributed by atoms with E-state index in [1.807, 2.05) is 61.5 Å². The summed E-state index contributed by atoms with van der Waals surface area (Å²) in [5.41, 5.74) is 5.04. The van der Waals surface area contributed by atoms with Crippen LogP contribution in [-0.4, -0.2) is 15.2 Å². The molecule has 25 heavy (non-hydrogen) atoms. The van der Waals surface area contributed by atoms with Crippen molar-refractivity contribution in [1.29, 1.82) is 0 Å². The fourth-order valence-corrected chi connectivity index (χ4v) is 3.11. The number of phenols is 2. The zero-order chi connectivity index (χ0) is 17.4. The van der Waals surface area contributed by atoms with Crippen LogP contribution < -0.4 is 0 Å². The molecule has 122 valence electrons. The molecule has 0 fully saturated rings. The summed E-state index contributed by atoms with van der Waals surface area (Å²) in [6, 6.07) is 22.9. The molecule has 0 saturated heterocycles. The Morgan fingerprint density at radius 2 is 1.48 bits per heavy atom. The molecule has 2 N–H and O–H groups in total. The lowest BCUT2D eigenvalue weighted by molar-refractivity contribution is 0.477. The van der Waals surface area contributed by atoms with Gasteiger partial charge in [-0.05, 0) is 42.3 Å². The van der Waals surface area contributed by atoms with E-state index in [9.17, 15) is 10.2 Å².